The Morgan fingerprint density at radius 1 is 1.32 bits per heavy atom. The summed E-state index contributed by atoms with van der Waals surface area (Å²) in [5.41, 5.74) is 1.70. The third-order valence-corrected chi connectivity index (χ3v) is 4.54. The van der Waals surface area contributed by atoms with Gasteiger partial charge in [0.05, 0.1) is 5.39 Å². The number of carboxylic acid groups (broad SMARTS) is 1. The summed E-state index contributed by atoms with van der Waals surface area (Å²) in [6.45, 7) is 3.40. The Morgan fingerprint density at radius 3 is 2.77 bits per heavy atom. The lowest BCUT2D eigenvalue weighted by Gasteiger charge is -2.08. The molecule has 2 heterocycles. The Kier molecular flexibility index (Phi) is 3.50. The first-order valence-corrected chi connectivity index (χ1v) is 7.29. The number of carbonyl (C=O) groups is 1. The van der Waals surface area contributed by atoms with Crippen molar-refractivity contribution in [2.45, 2.75) is 13.8 Å². The number of carboxylic acids is 1. The molecule has 0 saturated carbocycles. The largest absolute Gasteiger partial charge is 0.477 e. The summed E-state index contributed by atoms with van der Waals surface area (Å²) in [6, 6.07) is 4.79. The van der Waals surface area contributed by atoms with E-state index in [1.165, 1.54) is 12.4 Å². The van der Waals surface area contributed by atoms with Gasteiger partial charge in [-0.1, -0.05) is 6.07 Å². The third kappa shape index (κ3) is 2.39. The van der Waals surface area contributed by atoms with Crippen molar-refractivity contribution in [3.8, 4) is 0 Å². The van der Waals surface area contributed by atoms with Crippen LogP contribution in [-0.2, 0) is 0 Å². The summed E-state index contributed by atoms with van der Waals surface area (Å²) in [4.78, 5) is 20.3. The van der Waals surface area contributed by atoms with Crippen molar-refractivity contribution >= 4 is 39.0 Å². The van der Waals surface area contributed by atoms with Crippen molar-refractivity contribution in [3.05, 3.63) is 46.3 Å². The fraction of sp³-hybridized carbons (Fsp3) is 0.133. The highest BCUT2D eigenvalue weighted by molar-refractivity contribution is 7.20. The van der Waals surface area contributed by atoms with E-state index in [2.05, 4.69) is 15.3 Å². The first kappa shape index (κ1) is 14.4. The second-order valence-corrected chi connectivity index (χ2v) is 5.85. The molecule has 0 aliphatic rings. The lowest BCUT2D eigenvalue weighted by atomic mass is 10.2. The number of nitrogens with zero attached hydrogens (tertiary/aromatic N) is 2. The molecule has 0 atom stereocenters. The van der Waals surface area contributed by atoms with Gasteiger partial charge in [0.15, 0.2) is 0 Å². The number of nitrogens with one attached hydrogen (secondary N) is 1. The van der Waals surface area contributed by atoms with Crippen molar-refractivity contribution in [1.82, 2.24) is 9.97 Å². The van der Waals surface area contributed by atoms with E-state index in [1.54, 1.807) is 26.0 Å². The topological polar surface area (TPSA) is 75.1 Å². The maximum absolute atomic E-state index is 13.6. The average Bonchev–Trinajstić information content (AvgIpc) is 2.81. The SMILES string of the molecule is Cc1ccc(Nc2ncnc3sc(C(=O)O)c(C)c23)cc1F. The fourth-order valence-corrected chi connectivity index (χ4v) is 3.17. The van der Waals surface area contributed by atoms with Gasteiger partial charge in [0.1, 0.15) is 27.7 Å². The number of benzene rings is 1. The number of hydrogen-bond acceptors (Lipinski definition) is 5. The number of thiophene rings is 1. The number of rotatable bonds is 3. The molecule has 112 valence electrons. The van der Waals surface area contributed by atoms with Crippen LogP contribution in [0.2, 0.25) is 0 Å². The highest BCUT2D eigenvalue weighted by atomic mass is 32.1. The summed E-state index contributed by atoms with van der Waals surface area (Å²) in [5, 5.41) is 12.9. The van der Waals surface area contributed by atoms with Gasteiger partial charge in [0.25, 0.3) is 0 Å². The molecule has 0 aliphatic carbocycles. The van der Waals surface area contributed by atoms with E-state index in [1.807, 2.05) is 0 Å². The van der Waals surface area contributed by atoms with E-state index in [0.717, 1.165) is 11.3 Å². The van der Waals surface area contributed by atoms with Crippen molar-refractivity contribution in [2.24, 2.45) is 0 Å². The van der Waals surface area contributed by atoms with E-state index in [4.69, 9.17) is 0 Å². The summed E-state index contributed by atoms with van der Waals surface area (Å²) in [6.07, 6.45) is 1.36. The van der Waals surface area contributed by atoms with Gasteiger partial charge in [0.2, 0.25) is 0 Å². The molecule has 5 nitrogen and oxygen atoms in total. The Bertz CT molecular complexity index is 892. The van der Waals surface area contributed by atoms with Gasteiger partial charge in [-0.3, -0.25) is 0 Å². The third-order valence-electron chi connectivity index (χ3n) is 3.36. The molecule has 2 aromatic heterocycles. The summed E-state index contributed by atoms with van der Waals surface area (Å²) < 4.78 is 13.6. The lowest BCUT2D eigenvalue weighted by molar-refractivity contribution is 0.0701. The van der Waals surface area contributed by atoms with Gasteiger partial charge in [-0.15, -0.1) is 11.3 Å². The minimum Gasteiger partial charge on any atom is -0.477 e. The van der Waals surface area contributed by atoms with Gasteiger partial charge in [-0.05, 0) is 37.1 Å². The minimum absolute atomic E-state index is 0.230. The quantitative estimate of drug-likeness (QED) is 0.766. The molecule has 0 spiro atoms. The van der Waals surface area contributed by atoms with Crippen LogP contribution in [0.3, 0.4) is 0 Å². The van der Waals surface area contributed by atoms with E-state index < -0.39 is 5.97 Å². The van der Waals surface area contributed by atoms with Crippen LogP contribution in [0.1, 0.15) is 20.8 Å². The Morgan fingerprint density at radius 2 is 2.09 bits per heavy atom. The van der Waals surface area contributed by atoms with E-state index in [9.17, 15) is 14.3 Å². The highest BCUT2D eigenvalue weighted by Crippen LogP contribution is 2.34. The molecule has 7 heteroatoms. The summed E-state index contributed by atoms with van der Waals surface area (Å²) >= 11 is 1.10. The van der Waals surface area contributed by atoms with Gasteiger partial charge >= 0.3 is 5.97 Å². The average molecular weight is 317 g/mol. The van der Waals surface area contributed by atoms with Crippen LogP contribution in [0.4, 0.5) is 15.9 Å². The number of fused-ring (bicyclic) bond motifs is 1. The van der Waals surface area contributed by atoms with E-state index in [0.29, 0.717) is 32.8 Å². The van der Waals surface area contributed by atoms with Crippen molar-refractivity contribution < 1.29 is 14.3 Å². The maximum atomic E-state index is 13.6. The monoisotopic (exact) mass is 317 g/mol. The Balaban J connectivity index is 2.10. The molecule has 0 bridgehead atoms. The number of hydrogen-bond donors (Lipinski definition) is 2. The van der Waals surface area contributed by atoms with Gasteiger partial charge in [-0.2, -0.15) is 0 Å². The van der Waals surface area contributed by atoms with Gasteiger partial charge in [-0.25, -0.2) is 19.2 Å². The van der Waals surface area contributed by atoms with Crippen LogP contribution < -0.4 is 5.32 Å². The molecule has 0 saturated heterocycles. The van der Waals surface area contributed by atoms with Crippen molar-refractivity contribution in [1.29, 1.82) is 0 Å². The summed E-state index contributed by atoms with van der Waals surface area (Å²) in [7, 11) is 0. The van der Waals surface area contributed by atoms with Crippen LogP contribution in [0.25, 0.3) is 10.2 Å². The zero-order valence-corrected chi connectivity index (χ0v) is 12.7. The summed E-state index contributed by atoms with van der Waals surface area (Å²) in [5.74, 6) is -0.842. The van der Waals surface area contributed by atoms with Gasteiger partial charge in [0, 0.05) is 5.69 Å². The van der Waals surface area contributed by atoms with Crippen LogP contribution in [0.5, 0.6) is 0 Å². The lowest BCUT2D eigenvalue weighted by Crippen LogP contribution is -1.98. The molecule has 3 aromatic rings. The number of anilines is 2. The number of aryl methyl sites for hydroxylation is 2. The molecule has 0 amide bonds. The molecule has 0 unspecified atom stereocenters. The zero-order valence-electron chi connectivity index (χ0n) is 11.8. The Labute approximate surface area is 129 Å². The van der Waals surface area contributed by atoms with E-state index in [-0.39, 0.29) is 10.7 Å². The van der Waals surface area contributed by atoms with E-state index >= 15 is 0 Å². The number of halogens is 1. The molecule has 22 heavy (non-hydrogen) atoms. The van der Waals surface area contributed by atoms with Crippen LogP contribution >= 0.6 is 11.3 Å². The van der Waals surface area contributed by atoms with Crippen molar-refractivity contribution in [3.63, 3.8) is 0 Å². The molecule has 0 aliphatic heterocycles. The standard InChI is InChI=1S/C15H12FN3O2S/c1-7-3-4-9(5-10(7)16)19-13-11-8(2)12(15(20)21)22-14(11)18-6-17-13/h3-6H,1-2H3,(H,20,21)(H,17,18,19). The second-order valence-electron chi connectivity index (χ2n) is 4.85. The zero-order chi connectivity index (χ0) is 15.9. The normalized spacial score (nSPS) is 10.9. The van der Waals surface area contributed by atoms with Crippen LogP contribution in [0, 0.1) is 19.7 Å². The van der Waals surface area contributed by atoms with Crippen molar-refractivity contribution in [2.75, 3.05) is 5.32 Å². The predicted octanol–water partition coefficient (Wildman–Crippen LogP) is 3.89. The number of aromatic nitrogens is 2. The molecule has 2 N–H and O–H groups in total. The predicted molar refractivity (Wildman–Crippen MR) is 83.5 cm³/mol. The first-order valence-electron chi connectivity index (χ1n) is 6.48. The molecule has 1 aromatic carbocycles. The van der Waals surface area contributed by atoms with Crippen LogP contribution in [-0.4, -0.2) is 21.0 Å². The Hall–Kier alpha value is -2.54. The van der Waals surface area contributed by atoms with Gasteiger partial charge < -0.3 is 10.4 Å². The fourth-order valence-electron chi connectivity index (χ4n) is 2.18. The number of aromatic carboxylic acids is 1. The molecule has 0 radical (unpaired) electrons. The maximum Gasteiger partial charge on any atom is 0.346 e. The van der Waals surface area contributed by atoms with Crippen LogP contribution in [0.15, 0.2) is 24.5 Å². The smallest absolute Gasteiger partial charge is 0.346 e. The highest BCUT2D eigenvalue weighted by Gasteiger charge is 2.18. The molecular formula is C15H12FN3O2S. The second kappa shape index (κ2) is 5.34. The first-order chi connectivity index (χ1) is 10.5. The molecular weight excluding hydrogens is 305 g/mol. The molecule has 3 rings (SSSR count). The minimum atomic E-state index is -0.993. The molecule has 0 fully saturated rings.